The SMILES string of the molecule is C[C@@H]1Cc2ccccc2N1C(=O)COC(=O)C1(c2ccccc2)CCN(S(=O)(=O)c2cccs2)CC1. The third kappa shape index (κ3) is 4.36. The Morgan fingerprint density at radius 2 is 1.69 bits per heavy atom. The van der Waals surface area contributed by atoms with Crippen molar-refractivity contribution in [2.45, 2.75) is 41.9 Å². The van der Waals surface area contributed by atoms with Crippen LogP contribution in [-0.2, 0) is 36.2 Å². The van der Waals surface area contributed by atoms with Crippen molar-refractivity contribution in [1.29, 1.82) is 0 Å². The number of ether oxygens (including phenoxy) is 1. The standard InChI is InChI=1S/C27H28N2O5S2/c1-20-18-21-8-5-6-11-23(21)29(20)24(30)19-34-26(31)27(22-9-3-2-4-10-22)13-15-28(16-14-27)36(32,33)25-12-7-17-35-25/h2-12,17,20H,13-16,18-19H2,1H3/t20-/m1/s1. The summed E-state index contributed by atoms with van der Waals surface area (Å²) in [6.07, 6.45) is 1.31. The molecular formula is C27H28N2O5S2. The Balaban J connectivity index is 1.33. The van der Waals surface area contributed by atoms with Crippen molar-refractivity contribution in [2.24, 2.45) is 0 Å². The summed E-state index contributed by atoms with van der Waals surface area (Å²) < 4.78 is 33.5. The molecule has 7 nitrogen and oxygen atoms in total. The maximum Gasteiger partial charge on any atom is 0.317 e. The zero-order chi connectivity index (χ0) is 25.3. The van der Waals surface area contributed by atoms with Crippen LogP contribution in [0, 0.1) is 0 Å². The molecule has 1 amide bonds. The number of hydrogen-bond acceptors (Lipinski definition) is 6. The predicted octanol–water partition coefficient (Wildman–Crippen LogP) is 3.99. The number of hydrogen-bond donors (Lipinski definition) is 0. The van der Waals surface area contributed by atoms with E-state index >= 15 is 0 Å². The van der Waals surface area contributed by atoms with Crippen LogP contribution in [0.1, 0.15) is 30.9 Å². The normalized spacial score (nSPS) is 19.6. The van der Waals surface area contributed by atoms with Gasteiger partial charge in [0.2, 0.25) is 0 Å². The van der Waals surface area contributed by atoms with E-state index in [1.165, 1.54) is 15.6 Å². The molecule has 1 saturated heterocycles. The van der Waals surface area contributed by atoms with Gasteiger partial charge in [-0.25, -0.2) is 8.42 Å². The van der Waals surface area contributed by atoms with E-state index in [9.17, 15) is 18.0 Å². The van der Waals surface area contributed by atoms with Gasteiger partial charge in [-0.2, -0.15) is 4.31 Å². The summed E-state index contributed by atoms with van der Waals surface area (Å²) in [5.41, 5.74) is 1.72. The van der Waals surface area contributed by atoms with Crippen molar-refractivity contribution in [3.8, 4) is 0 Å². The zero-order valence-corrected chi connectivity index (χ0v) is 21.6. The number of para-hydroxylation sites is 1. The Morgan fingerprint density at radius 1 is 1.00 bits per heavy atom. The zero-order valence-electron chi connectivity index (χ0n) is 20.0. The van der Waals surface area contributed by atoms with Crippen LogP contribution in [0.2, 0.25) is 0 Å². The summed E-state index contributed by atoms with van der Waals surface area (Å²) in [6.45, 7) is 2.00. The van der Waals surface area contributed by atoms with Gasteiger partial charge in [-0.05, 0) is 54.8 Å². The quantitative estimate of drug-likeness (QED) is 0.456. The first-order chi connectivity index (χ1) is 17.3. The highest BCUT2D eigenvalue weighted by Gasteiger charge is 2.47. The molecule has 3 aromatic rings. The second-order valence-electron chi connectivity index (χ2n) is 9.31. The van der Waals surface area contributed by atoms with Gasteiger partial charge < -0.3 is 9.64 Å². The number of carbonyl (C=O) groups excluding carboxylic acids is 2. The summed E-state index contributed by atoms with van der Waals surface area (Å²) in [4.78, 5) is 28.4. The fraction of sp³-hybridized carbons (Fsp3) is 0.333. The monoisotopic (exact) mass is 524 g/mol. The van der Waals surface area contributed by atoms with Gasteiger partial charge in [0.1, 0.15) is 4.21 Å². The number of thiophene rings is 1. The number of benzene rings is 2. The van der Waals surface area contributed by atoms with Crippen LogP contribution in [0.25, 0.3) is 0 Å². The van der Waals surface area contributed by atoms with Gasteiger partial charge >= 0.3 is 5.97 Å². The molecule has 36 heavy (non-hydrogen) atoms. The van der Waals surface area contributed by atoms with Gasteiger partial charge in [0.25, 0.3) is 15.9 Å². The van der Waals surface area contributed by atoms with E-state index in [4.69, 9.17) is 4.74 Å². The van der Waals surface area contributed by atoms with Crippen molar-refractivity contribution >= 4 is 38.9 Å². The van der Waals surface area contributed by atoms with E-state index in [0.29, 0.717) is 4.21 Å². The number of anilines is 1. The van der Waals surface area contributed by atoms with Crippen LogP contribution in [0.15, 0.2) is 76.3 Å². The van der Waals surface area contributed by atoms with Crippen LogP contribution in [0.3, 0.4) is 0 Å². The van der Waals surface area contributed by atoms with Crippen molar-refractivity contribution in [1.82, 2.24) is 4.31 Å². The molecule has 0 radical (unpaired) electrons. The molecule has 9 heteroatoms. The lowest BCUT2D eigenvalue weighted by atomic mass is 9.73. The van der Waals surface area contributed by atoms with Crippen molar-refractivity contribution in [3.63, 3.8) is 0 Å². The fourth-order valence-electron chi connectivity index (χ4n) is 5.29. The Morgan fingerprint density at radius 3 is 2.39 bits per heavy atom. The molecule has 1 atom stereocenters. The topological polar surface area (TPSA) is 84.0 Å². The number of piperidine rings is 1. The Hall–Kier alpha value is -3.01. The largest absolute Gasteiger partial charge is 0.455 e. The molecule has 0 spiro atoms. The second kappa shape index (κ2) is 9.80. The number of amides is 1. The molecule has 188 valence electrons. The van der Waals surface area contributed by atoms with E-state index in [1.54, 1.807) is 22.4 Å². The highest BCUT2D eigenvalue weighted by atomic mass is 32.2. The van der Waals surface area contributed by atoms with Crippen LogP contribution in [0.5, 0.6) is 0 Å². The summed E-state index contributed by atoms with van der Waals surface area (Å²) in [7, 11) is -3.61. The number of nitrogens with zero attached hydrogens (tertiary/aromatic N) is 2. The van der Waals surface area contributed by atoms with E-state index in [1.807, 2.05) is 61.5 Å². The van der Waals surface area contributed by atoms with E-state index in [-0.39, 0.29) is 44.5 Å². The van der Waals surface area contributed by atoms with Crippen molar-refractivity contribution in [2.75, 3.05) is 24.6 Å². The van der Waals surface area contributed by atoms with Gasteiger partial charge in [-0.1, -0.05) is 54.6 Å². The molecule has 0 bridgehead atoms. The number of carbonyl (C=O) groups is 2. The number of rotatable bonds is 6. The van der Waals surface area contributed by atoms with E-state index in [2.05, 4.69) is 0 Å². The second-order valence-corrected chi connectivity index (χ2v) is 12.4. The molecule has 2 aromatic carbocycles. The minimum atomic E-state index is -3.61. The van der Waals surface area contributed by atoms with Gasteiger partial charge in [0.15, 0.2) is 6.61 Å². The summed E-state index contributed by atoms with van der Waals surface area (Å²) in [5, 5.41) is 1.74. The number of fused-ring (bicyclic) bond motifs is 1. The van der Waals surface area contributed by atoms with Crippen molar-refractivity contribution < 1.29 is 22.7 Å². The van der Waals surface area contributed by atoms with Crippen molar-refractivity contribution in [3.05, 3.63) is 83.2 Å². The molecule has 0 N–H and O–H groups in total. The number of sulfonamides is 1. The lowest BCUT2D eigenvalue weighted by Crippen LogP contribution is -2.50. The third-order valence-corrected chi connectivity index (χ3v) is 10.5. The first-order valence-corrected chi connectivity index (χ1v) is 14.3. The molecule has 2 aliphatic heterocycles. The Kier molecular flexibility index (Phi) is 6.72. The van der Waals surface area contributed by atoms with E-state index < -0.39 is 21.4 Å². The average molecular weight is 525 g/mol. The summed E-state index contributed by atoms with van der Waals surface area (Å²) in [6, 6.07) is 20.4. The fourth-order valence-corrected chi connectivity index (χ4v) is 7.88. The molecule has 1 fully saturated rings. The van der Waals surface area contributed by atoms with Gasteiger partial charge in [0, 0.05) is 24.8 Å². The van der Waals surface area contributed by atoms with Crippen LogP contribution in [-0.4, -0.2) is 50.3 Å². The maximum atomic E-state index is 13.6. The van der Waals surface area contributed by atoms with Crippen LogP contribution in [0.4, 0.5) is 5.69 Å². The van der Waals surface area contributed by atoms with Gasteiger partial charge in [-0.3, -0.25) is 9.59 Å². The molecule has 5 rings (SSSR count). The van der Waals surface area contributed by atoms with E-state index in [0.717, 1.165) is 23.2 Å². The number of esters is 1. The first-order valence-electron chi connectivity index (χ1n) is 12.0. The third-order valence-electron chi connectivity index (χ3n) is 7.18. The molecule has 0 unspecified atom stereocenters. The summed E-state index contributed by atoms with van der Waals surface area (Å²) >= 11 is 1.18. The lowest BCUT2D eigenvalue weighted by Gasteiger charge is -2.39. The summed E-state index contributed by atoms with van der Waals surface area (Å²) in [5.74, 6) is -0.753. The Labute approximate surface area is 215 Å². The first kappa shape index (κ1) is 24.7. The Bertz CT molecular complexity index is 1350. The highest BCUT2D eigenvalue weighted by molar-refractivity contribution is 7.91. The highest BCUT2D eigenvalue weighted by Crippen LogP contribution is 2.39. The molecule has 0 saturated carbocycles. The molecular weight excluding hydrogens is 496 g/mol. The van der Waals surface area contributed by atoms with Gasteiger partial charge in [0.05, 0.1) is 5.41 Å². The molecule has 1 aromatic heterocycles. The van der Waals surface area contributed by atoms with Crippen LogP contribution < -0.4 is 4.90 Å². The minimum absolute atomic E-state index is 0.0117. The average Bonchev–Trinajstić information content (AvgIpc) is 3.56. The minimum Gasteiger partial charge on any atom is -0.455 e. The molecule has 2 aliphatic rings. The maximum absolute atomic E-state index is 13.6. The smallest absolute Gasteiger partial charge is 0.317 e. The molecule has 3 heterocycles. The van der Waals surface area contributed by atoms with Gasteiger partial charge in [-0.15, -0.1) is 11.3 Å². The lowest BCUT2D eigenvalue weighted by molar-refractivity contribution is -0.155. The molecule has 0 aliphatic carbocycles. The van der Waals surface area contributed by atoms with Crippen LogP contribution >= 0.6 is 11.3 Å². The predicted molar refractivity (Wildman–Crippen MR) is 138 cm³/mol.